The van der Waals surface area contributed by atoms with Gasteiger partial charge in [0, 0.05) is 57.8 Å². The molecule has 3 heterocycles. The van der Waals surface area contributed by atoms with Gasteiger partial charge in [0.1, 0.15) is 12.4 Å². The quantitative estimate of drug-likeness (QED) is 0.479. The first kappa shape index (κ1) is 28.3. The molecule has 3 aliphatic heterocycles. The molecule has 10 heteroatoms. The number of hydrogen-bond acceptors (Lipinski definition) is 7. The van der Waals surface area contributed by atoms with Gasteiger partial charge in [0.05, 0.1) is 11.3 Å². The number of rotatable bonds is 8. The molecule has 2 saturated heterocycles. The van der Waals surface area contributed by atoms with Crippen LogP contribution in [-0.2, 0) is 45.9 Å². The zero-order chi connectivity index (χ0) is 28.4. The third-order valence-electron chi connectivity index (χ3n) is 9.10. The fourth-order valence-corrected chi connectivity index (χ4v) is 8.70. The van der Waals surface area contributed by atoms with Crippen LogP contribution in [0.4, 0.5) is 0 Å². The van der Waals surface area contributed by atoms with Crippen LogP contribution in [0.1, 0.15) is 67.2 Å². The number of sulfonamides is 1. The number of amides is 2. The molecule has 0 spiro atoms. The Labute approximate surface area is 242 Å². The van der Waals surface area contributed by atoms with Crippen LogP contribution < -0.4 is 10.1 Å². The lowest BCUT2D eigenvalue weighted by Crippen LogP contribution is -2.51. The molecule has 4 aliphatic rings. The number of nitrogens with one attached hydrogen (secondary N) is 1. The van der Waals surface area contributed by atoms with Crippen molar-refractivity contribution < 1.29 is 22.7 Å². The minimum Gasteiger partial charge on any atom is -0.489 e. The normalized spacial score (nSPS) is 23.4. The van der Waals surface area contributed by atoms with Gasteiger partial charge < -0.3 is 4.74 Å². The molecule has 0 radical (unpaired) electrons. The molecule has 41 heavy (non-hydrogen) atoms. The highest BCUT2D eigenvalue weighted by molar-refractivity contribution is 7.89. The molecule has 1 unspecified atom stereocenters. The highest BCUT2D eigenvalue weighted by atomic mass is 32.2. The maximum Gasteiger partial charge on any atom is 0.243 e. The molecule has 0 bridgehead atoms. The Kier molecular flexibility index (Phi) is 8.44. The zero-order valence-electron chi connectivity index (χ0n) is 23.6. The van der Waals surface area contributed by atoms with Gasteiger partial charge in [-0.3, -0.25) is 24.7 Å². The molecule has 3 fully saturated rings. The summed E-state index contributed by atoms with van der Waals surface area (Å²) >= 11 is 0. The summed E-state index contributed by atoms with van der Waals surface area (Å²) in [5.41, 5.74) is 4.56. The molecular formula is C31H40N4O5S. The summed E-state index contributed by atoms with van der Waals surface area (Å²) < 4.78 is 34.1. The van der Waals surface area contributed by atoms with E-state index in [9.17, 15) is 18.0 Å². The summed E-state index contributed by atoms with van der Waals surface area (Å²) in [6, 6.07) is 14.2. The smallest absolute Gasteiger partial charge is 0.243 e. The van der Waals surface area contributed by atoms with Crippen molar-refractivity contribution in [3.8, 4) is 5.75 Å². The molecule has 2 aromatic rings. The third kappa shape index (κ3) is 6.35. The summed E-state index contributed by atoms with van der Waals surface area (Å²) in [6.45, 7) is 5.23. The van der Waals surface area contributed by atoms with E-state index in [0.717, 1.165) is 74.2 Å². The second kappa shape index (κ2) is 12.2. The highest BCUT2D eigenvalue weighted by Gasteiger charge is 2.36. The van der Waals surface area contributed by atoms with Gasteiger partial charge in [-0.25, -0.2) is 8.42 Å². The predicted molar refractivity (Wildman–Crippen MR) is 155 cm³/mol. The molecule has 1 aliphatic carbocycles. The summed E-state index contributed by atoms with van der Waals surface area (Å²) in [5, 5.41) is 2.28. The number of piperidine rings is 1. The van der Waals surface area contributed by atoms with Gasteiger partial charge in [0.25, 0.3) is 0 Å². The van der Waals surface area contributed by atoms with Gasteiger partial charge in [0.2, 0.25) is 21.8 Å². The number of carbonyl (C=O) groups is 2. The molecule has 6 rings (SSSR count). The second-order valence-electron chi connectivity index (χ2n) is 11.9. The second-order valence-corrected chi connectivity index (χ2v) is 14.1. The Balaban J connectivity index is 0.991. The van der Waals surface area contributed by atoms with Gasteiger partial charge >= 0.3 is 0 Å². The van der Waals surface area contributed by atoms with E-state index in [-0.39, 0.29) is 23.1 Å². The number of carbonyl (C=O) groups excluding carboxylic acids is 2. The van der Waals surface area contributed by atoms with E-state index in [1.807, 2.05) is 12.1 Å². The average Bonchev–Trinajstić information content (AvgIpc) is 3.42. The van der Waals surface area contributed by atoms with E-state index >= 15 is 0 Å². The molecule has 1 N–H and O–H groups in total. The Morgan fingerprint density at radius 1 is 0.854 bits per heavy atom. The number of fused-ring (bicyclic) bond motifs is 1. The number of imide groups is 1. The van der Waals surface area contributed by atoms with Crippen LogP contribution in [-0.4, -0.2) is 71.8 Å². The van der Waals surface area contributed by atoms with E-state index in [0.29, 0.717) is 45.6 Å². The lowest BCUT2D eigenvalue weighted by Gasteiger charge is -2.36. The third-order valence-corrected chi connectivity index (χ3v) is 11.5. The van der Waals surface area contributed by atoms with Crippen molar-refractivity contribution in [3.05, 3.63) is 64.7 Å². The van der Waals surface area contributed by atoms with Crippen LogP contribution in [0.2, 0.25) is 0 Å². The lowest BCUT2D eigenvalue weighted by molar-refractivity contribution is -0.137. The van der Waals surface area contributed by atoms with Gasteiger partial charge in [-0.1, -0.05) is 55.7 Å². The van der Waals surface area contributed by atoms with Crippen molar-refractivity contribution in [2.45, 2.75) is 82.5 Å². The Bertz CT molecular complexity index is 1370. The Morgan fingerprint density at radius 2 is 1.59 bits per heavy atom. The fourth-order valence-electron chi connectivity index (χ4n) is 6.68. The molecule has 1 atom stereocenters. The van der Waals surface area contributed by atoms with E-state index in [1.165, 1.54) is 5.56 Å². The van der Waals surface area contributed by atoms with Crippen LogP contribution in [0, 0.1) is 0 Å². The van der Waals surface area contributed by atoms with Crippen LogP contribution in [0.3, 0.4) is 0 Å². The monoisotopic (exact) mass is 580 g/mol. The van der Waals surface area contributed by atoms with Gasteiger partial charge in [-0.05, 0) is 42.0 Å². The van der Waals surface area contributed by atoms with Crippen molar-refractivity contribution in [1.82, 2.24) is 19.4 Å². The first-order valence-electron chi connectivity index (χ1n) is 15.0. The zero-order valence-corrected chi connectivity index (χ0v) is 24.4. The number of hydrogen-bond donors (Lipinski definition) is 1. The van der Waals surface area contributed by atoms with Crippen molar-refractivity contribution in [2.24, 2.45) is 0 Å². The lowest BCUT2D eigenvalue weighted by atomic mass is 10.0. The minimum atomic E-state index is -3.17. The Morgan fingerprint density at radius 3 is 2.32 bits per heavy atom. The summed E-state index contributed by atoms with van der Waals surface area (Å²) in [4.78, 5) is 28.4. The molecule has 220 valence electrons. The molecule has 9 nitrogen and oxygen atoms in total. The van der Waals surface area contributed by atoms with Crippen LogP contribution in [0.5, 0.6) is 5.75 Å². The molecule has 2 aromatic carbocycles. The fraction of sp³-hybridized carbons (Fsp3) is 0.548. The van der Waals surface area contributed by atoms with E-state index in [4.69, 9.17) is 4.74 Å². The van der Waals surface area contributed by atoms with Crippen LogP contribution >= 0.6 is 0 Å². The van der Waals surface area contributed by atoms with Crippen molar-refractivity contribution >= 4 is 21.8 Å². The first-order chi connectivity index (χ1) is 19.9. The van der Waals surface area contributed by atoms with Gasteiger partial charge in [0.15, 0.2) is 0 Å². The van der Waals surface area contributed by atoms with Crippen LogP contribution in [0.25, 0.3) is 0 Å². The Hall–Kier alpha value is -2.79. The number of piperazine rings is 1. The maximum atomic E-state index is 13.0. The molecule has 2 amide bonds. The SMILES string of the molecule is O=C1CCC(N2Cc3cccc(OCc4ccc(CN5CCN(S(=O)(=O)C6CCCCC6)CC5)cc4)c3C2)C(=O)N1. The van der Waals surface area contributed by atoms with E-state index in [2.05, 4.69) is 45.4 Å². The highest BCUT2D eigenvalue weighted by Crippen LogP contribution is 2.34. The van der Waals surface area contributed by atoms with Crippen molar-refractivity contribution in [1.29, 1.82) is 0 Å². The molecular weight excluding hydrogens is 540 g/mol. The minimum absolute atomic E-state index is 0.182. The van der Waals surface area contributed by atoms with Crippen molar-refractivity contribution in [3.63, 3.8) is 0 Å². The molecule has 0 aromatic heterocycles. The average molecular weight is 581 g/mol. The largest absolute Gasteiger partial charge is 0.489 e. The van der Waals surface area contributed by atoms with Crippen molar-refractivity contribution in [2.75, 3.05) is 26.2 Å². The van der Waals surface area contributed by atoms with E-state index in [1.54, 1.807) is 4.31 Å². The van der Waals surface area contributed by atoms with Gasteiger partial charge in [-0.15, -0.1) is 0 Å². The summed E-state index contributed by atoms with van der Waals surface area (Å²) in [5.74, 6) is 0.436. The first-order valence-corrected chi connectivity index (χ1v) is 16.5. The van der Waals surface area contributed by atoms with Crippen LogP contribution in [0.15, 0.2) is 42.5 Å². The standard InChI is InChI=1S/C31H40N4O5S/c36-30-14-13-28(31(37)32-30)34-20-25-5-4-8-29(27(25)21-34)40-22-24-11-9-23(10-12-24)19-33-15-17-35(18-16-33)41(38,39)26-6-2-1-3-7-26/h4-5,8-12,26,28H,1-3,6-7,13-22H2,(H,32,36,37). The number of benzene rings is 2. The number of ether oxygens (including phenoxy) is 1. The maximum absolute atomic E-state index is 13.0. The molecule has 1 saturated carbocycles. The van der Waals surface area contributed by atoms with Gasteiger partial charge in [-0.2, -0.15) is 4.31 Å². The topological polar surface area (TPSA) is 99.3 Å². The van der Waals surface area contributed by atoms with E-state index < -0.39 is 10.0 Å². The predicted octanol–water partition coefficient (Wildman–Crippen LogP) is 3.17. The summed E-state index contributed by atoms with van der Waals surface area (Å²) in [6.07, 6.45) is 5.77. The number of nitrogens with zero attached hydrogens (tertiary/aromatic N) is 3. The summed E-state index contributed by atoms with van der Waals surface area (Å²) in [7, 11) is -3.17.